The van der Waals surface area contributed by atoms with Crippen molar-refractivity contribution in [3.8, 4) is 0 Å². The van der Waals surface area contributed by atoms with E-state index in [9.17, 15) is 16.8 Å². The molecule has 2 aromatic rings. The second-order valence-corrected chi connectivity index (χ2v) is 9.53. The number of hydrogen-bond donors (Lipinski definition) is 1. The predicted molar refractivity (Wildman–Crippen MR) is 96.3 cm³/mol. The van der Waals surface area contributed by atoms with Crippen molar-refractivity contribution in [3.05, 3.63) is 54.6 Å². The van der Waals surface area contributed by atoms with Crippen LogP contribution in [0.1, 0.15) is 19.3 Å². The molecule has 8 heteroatoms. The minimum atomic E-state index is -3.76. The maximum atomic E-state index is 12.7. The summed E-state index contributed by atoms with van der Waals surface area (Å²) in [4.78, 5) is 0.224. The first kappa shape index (κ1) is 17.9. The zero-order chi connectivity index (χ0) is 17.9. The highest BCUT2D eigenvalue weighted by molar-refractivity contribution is 7.92. The number of nitrogens with one attached hydrogen (secondary N) is 1. The fourth-order valence-electron chi connectivity index (χ4n) is 2.79. The van der Waals surface area contributed by atoms with Crippen LogP contribution in [0.4, 0.5) is 5.69 Å². The molecule has 1 N–H and O–H groups in total. The van der Waals surface area contributed by atoms with E-state index in [1.54, 1.807) is 24.3 Å². The minimum Gasteiger partial charge on any atom is -0.280 e. The van der Waals surface area contributed by atoms with E-state index < -0.39 is 20.0 Å². The van der Waals surface area contributed by atoms with Gasteiger partial charge in [0.15, 0.2) is 0 Å². The Labute approximate surface area is 148 Å². The number of piperidine rings is 1. The molecule has 0 bridgehead atoms. The molecule has 0 spiro atoms. The van der Waals surface area contributed by atoms with Crippen LogP contribution in [0, 0.1) is 0 Å². The highest BCUT2D eigenvalue weighted by Crippen LogP contribution is 2.24. The van der Waals surface area contributed by atoms with Crippen LogP contribution in [0.3, 0.4) is 0 Å². The molecule has 2 aromatic carbocycles. The second kappa shape index (κ2) is 7.15. The molecule has 134 valence electrons. The molecular weight excluding hydrogens is 360 g/mol. The molecule has 1 aliphatic rings. The zero-order valence-corrected chi connectivity index (χ0v) is 15.3. The van der Waals surface area contributed by atoms with Gasteiger partial charge in [0.05, 0.1) is 15.5 Å². The third-order valence-electron chi connectivity index (χ3n) is 4.09. The maximum Gasteiger partial charge on any atom is 0.261 e. The van der Waals surface area contributed by atoms with Crippen LogP contribution in [-0.2, 0) is 20.0 Å². The summed E-state index contributed by atoms with van der Waals surface area (Å²) in [5.41, 5.74) is 0.224. The van der Waals surface area contributed by atoms with Crippen LogP contribution >= 0.6 is 0 Å². The number of benzene rings is 2. The lowest BCUT2D eigenvalue weighted by Crippen LogP contribution is -2.35. The Balaban J connectivity index is 1.87. The normalized spacial score (nSPS) is 16.5. The van der Waals surface area contributed by atoms with Crippen molar-refractivity contribution >= 4 is 25.7 Å². The fraction of sp³-hybridized carbons (Fsp3) is 0.294. The molecule has 1 fully saturated rings. The van der Waals surface area contributed by atoms with Crippen molar-refractivity contribution in [2.24, 2.45) is 0 Å². The van der Waals surface area contributed by atoms with E-state index in [0.29, 0.717) is 13.1 Å². The van der Waals surface area contributed by atoms with Crippen molar-refractivity contribution in [2.45, 2.75) is 29.1 Å². The average molecular weight is 380 g/mol. The van der Waals surface area contributed by atoms with Crippen molar-refractivity contribution in [3.63, 3.8) is 0 Å². The largest absolute Gasteiger partial charge is 0.280 e. The summed E-state index contributed by atoms with van der Waals surface area (Å²) in [5.74, 6) is 0. The Hall–Kier alpha value is -1.90. The van der Waals surface area contributed by atoms with Crippen LogP contribution in [0.2, 0.25) is 0 Å². The Morgan fingerprint density at radius 1 is 0.760 bits per heavy atom. The quantitative estimate of drug-likeness (QED) is 0.864. The van der Waals surface area contributed by atoms with Gasteiger partial charge in [0.25, 0.3) is 10.0 Å². The molecule has 1 saturated heterocycles. The molecule has 0 aromatic heterocycles. The Bertz CT molecular complexity index is 936. The first-order valence-corrected chi connectivity index (χ1v) is 11.0. The van der Waals surface area contributed by atoms with Crippen molar-refractivity contribution in [1.82, 2.24) is 4.31 Å². The topological polar surface area (TPSA) is 83.5 Å². The fourth-order valence-corrected chi connectivity index (χ4v) is 5.42. The van der Waals surface area contributed by atoms with Crippen LogP contribution in [0.25, 0.3) is 0 Å². The Morgan fingerprint density at radius 2 is 1.40 bits per heavy atom. The third-order valence-corrected chi connectivity index (χ3v) is 7.38. The van der Waals surface area contributed by atoms with E-state index in [1.807, 2.05) is 0 Å². The van der Waals surface area contributed by atoms with E-state index in [0.717, 1.165) is 19.3 Å². The van der Waals surface area contributed by atoms with Crippen molar-refractivity contribution in [1.29, 1.82) is 0 Å². The molecule has 0 aliphatic carbocycles. The molecule has 0 radical (unpaired) electrons. The van der Waals surface area contributed by atoms with Crippen LogP contribution in [-0.4, -0.2) is 34.2 Å². The van der Waals surface area contributed by atoms with Gasteiger partial charge in [-0.15, -0.1) is 0 Å². The molecule has 1 heterocycles. The van der Waals surface area contributed by atoms with E-state index in [2.05, 4.69) is 4.72 Å². The molecule has 0 amide bonds. The monoisotopic (exact) mass is 380 g/mol. The number of sulfonamides is 2. The highest BCUT2D eigenvalue weighted by Gasteiger charge is 2.26. The number of anilines is 1. The van der Waals surface area contributed by atoms with Crippen LogP contribution in [0.5, 0.6) is 0 Å². The summed E-state index contributed by atoms with van der Waals surface area (Å²) < 4.78 is 54.1. The third kappa shape index (κ3) is 4.02. The summed E-state index contributed by atoms with van der Waals surface area (Å²) in [6.07, 6.45) is 2.72. The second-order valence-electron chi connectivity index (χ2n) is 5.91. The summed E-state index contributed by atoms with van der Waals surface area (Å²) in [5, 5.41) is 0. The molecule has 3 rings (SSSR count). The SMILES string of the molecule is O=S(=O)(Nc1cccc(S(=O)(=O)N2CCCCC2)c1)c1ccccc1. The van der Waals surface area contributed by atoms with Gasteiger partial charge >= 0.3 is 0 Å². The predicted octanol–water partition coefficient (Wildman–Crippen LogP) is 2.66. The molecular formula is C17H20N2O4S2. The van der Waals surface area contributed by atoms with E-state index >= 15 is 0 Å². The maximum absolute atomic E-state index is 12.7. The number of hydrogen-bond acceptors (Lipinski definition) is 4. The lowest BCUT2D eigenvalue weighted by Gasteiger charge is -2.26. The molecule has 1 aliphatic heterocycles. The number of rotatable bonds is 5. The number of nitrogens with zero attached hydrogens (tertiary/aromatic N) is 1. The van der Waals surface area contributed by atoms with E-state index in [4.69, 9.17) is 0 Å². The van der Waals surface area contributed by atoms with Gasteiger partial charge in [-0.3, -0.25) is 4.72 Å². The van der Waals surface area contributed by atoms with Gasteiger partial charge in [-0.1, -0.05) is 30.7 Å². The van der Waals surface area contributed by atoms with Gasteiger partial charge in [0.2, 0.25) is 10.0 Å². The van der Waals surface area contributed by atoms with Crippen LogP contribution < -0.4 is 4.72 Å². The van der Waals surface area contributed by atoms with E-state index in [-0.39, 0.29) is 15.5 Å². The van der Waals surface area contributed by atoms with Gasteiger partial charge in [-0.25, -0.2) is 16.8 Å². The first-order chi connectivity index (χ1) is 11.9. The molecule has 0 unspecified atom stereocenters. The zero-order valence-electron chi connectivity index (χ0n) is 13.6. The molecule has 6 nitrogen and oxygen atoms in total. The van der Waals surface area contributed by atoms with Gasteiger partial charge in [-0.05, 0) is 43.2 Å². The van der Waals surface area contributed by atoms with Gasteiger partial charge in [0, 0.05) is 13.1 Å². The van der Waals surface area contributed by atoms with E-state index in [1.165, 1.54) is 34.6 Å². The van der Waals surface area contributed by atoms with Crippen molar-refractivity contribution in [2.75, 3.05) is 17.8 Å². The summed E-state index contributed by atoms with van der Waals surface area (Å²) in [6.45, 7) is 1.00. The first-order valence-electron chi connectivity index (χ1n) is 8.08. The summed E-state index contributed by atoms with van der Waals surface area (Å²) >= 11 is 0. The Kier molecular flexibility index (Phi) is 5.12. The Morgan fingerprint density at radius 3 is 2.08 bits per heavy atom. The average Bonchev–Trinajstić information content (AvgIpc) is 2.63. The van der Waals surface area contributed by atoms with Crippen molar-refractivity contribution < 1.29 is 16.8 Å². The summed E-state index contributed by atoms with van der Waals surface area (Å²) in [7, 11) is -7.37. The van der Waals surface area contributed by atoms with Crippen LogP contribution in [0.15, 0.2) is 64.4 Å². The molecule has 25 heavy (non-hydrogen) atoms. The molecule has 0 atom stereocenters. The van der Waals surface area contributed by atoms with Gasteiger partial charge in [0.1, 0.15) is 0 Å². The summed E-state index contributed by atoms with van der Waals surface area (Å²) in [6, 6.07) is 13.9. The van der Waals surface area contributed by atoms with Gasteiger partial charge in [-0.2, -0.15) is 4.31 Å². The lowest BCUT2D eigenvalue weighted by atomic mass is 10.2. The van der Waals surface area contributed by atoms with Gasteiger partial charge < -0.3 is 0 Å². The molecule has 0 saturated carbocycles. The minimum absolute atomic E-state index is 0.0997. The highest BCUT2D eigenvalue weighted by atomic mass is 32.2. The smallest absolute Gasteiger partial charge is 0.261 e. The standard InChI is InChI=1S/C17H20N2O4S2/c20-24(21,16-9-3-1-4-10-16)18-15-8-7-11-17(14-15)25(22,23)19-12-5-2-6-13-19/h1,3-4,7-11,14,18H,2,5-6,12-13H2. The lowest BCUT2D eigenvalue weighted by molar-refractivity contribution is 0.346.